The number of carbonyl (C=O) groups is 1. The van der Waals surface area contributed by atoms with E-state index in [0.29, 0.717) is 12.2 Å². The third kappa shape index (κ3) is 3.99. The van der Waals surface area contributed by atoms with Crippen LogP contribution in [-0.4, -0.2) is 15.3 Å². The zero-order valence-electron chi connectivity index (χ0n) is 11.3. The van der Waals surface area contributed by atoms with Crippen molar-refractivity contribution in [2.75, 3.05) is 0 Å². The number of aromatic nitrogens is 2. The van der Waals surface area contributed by atoms with Crippen LogP contribution in [-0.2, 0) is 17.8 Å². The van der Waals surface area contributed by atoms with Crippen LogP contribution < -0.4 is 0 Å². The molecule has 3 nitrogen and oxygen atoms in total. The number of hydrogen-bond donors (Lipinski definition) is 0. The molecule has 0 aliphatic rings. The van der Waals surface area contributed by atoms with Crippen molar-refractivity contribution in [2.24, 2.45) is 5.92 Å². The maximum Gasteiger partial charge on any atom is 0.143 e. The highest BCUT2D eigenvalue weighted by molar-refractivity contribution is 5.82. The molecule has 0 saturated heterocycles. The summed E-state index contributed by atoms with van der Waals surface area (Å²) in [6.07, 6.45) is 8.49. The fraction of sp³-hybridized carbons (Fsp3) is 0.714. The first kappa shape index (κ1) is 13.9. The van der Waals surface area contributed by atoms with Crippen LogP contribution in [0.4, 0.5) is 0 Å². The molecule has 0 saturated carbocycles. The van der Waals surface area contributed by atoms with E-state index in [4.69, 9.17) is 0 Å². The van der Waals surface area contributed by atoms with Gasteiger partial charge in [0.1, 0.15) is 11.6 Å². The lowest BCUT2D eigenvalue weighted by Crippen LogP contribution is -2.18. The van der Waals surface area contributed by atoms with Crippen molar-refractivity contribution < 1.29 is 4.79 Å². The molecule has 1 heterocycles. The SMILES string of the molecule is CCCCC(CC)C(=O)Cc1nccn1CC. The Bertz CT molecular complexity index is 344. The highest BCUT2D eigenvalue weighted by atomic mass is 16.1. The largest absolute Gasteiger partial charge is 0.335 e. The molecule has 0 aliphatic heterocycles. The zero-order valence-corrected chi connectivity index (χ0v) is 11.3. The summed E-state index contributed by atoms with van der Waals surface area (Å²) < 4.78 is 2.05. The first-order valence-corrected chi connectivity index (χ1v) is 6.75. The van der Waals surface area contributed by atoms with E-state index in [2.05, 4.69) is 25.8 Å². The Morgan fingerprint density at radius 1 is 1.41 bits per heavy atom. The lowest BCUT2D eigenvalue weighted by molar-refractivity contribution is -0.122. The Hall–Kier alpha value is -1.12. The second-order valence-electron chi connectivity index (χ2n) is 4.52. The minimum Gasteiger partial charge on any atom is -0.335 e. The molecule has 0 fully saturated rings. The summed E-state index contributed by atoms with van der Waals surface area (Å²) in [5, 5.41) is 0. The number of carbonyl (C=O) groups excluding carboxylic acids is 1. The third-order valence-corrected chi connectivity index (χ3v) is 3.33. The van der Waals surface area contributed by atoms with E-state index in [1.165, 1.54) is 0 Å². The molecule has 1 aromatic rings. The Morgan fingerprint density at radius 3 is 2.76 bits per heavy atom. The Morgan fingerprint density at radius 2 is 2.18 bits per heavy atom. The molecule has 17 heavy (non-hydrogen) atoms. The van der Waals surface area contributed by atoms with Gasteiger partial charge in [-0.1, -0.05) is 26.7 Å². The molecule has 1 rings (SSSR count). The standard InChI is InChI=1S/C14H24N2O/c1-4-7-8-12(5-2)13(17)11-14-15-9-10-16(14)6-3/h9-10,12H,4-8,11H2,1-3H3. The summed E-state index contributed by atoms with van der Waals surface area (Å²) >= 11 is 0. The van der Waals surface area contributed by atoms with Crippen molar-refractivity contribution in [3.63, 3.8) is 0 Å². The quantitative estimate of drug-likeness (QED) is 0.694. The van der Waals surface area contributed by atoms with Crippen LogP contribution in [0.2, 0.25) is 0 Å². The van der Waals surface area contributed by atoms with E-state index in [1.54, 1.807) is 6.20 Å². The minimum atomic E-state index is 0.219. The predicted molar refractivity (Wildman–Crippen MR) is 69.9 cm³/mol. The number of hydrogen-bond acceptors (Lipinski definition) is 2. The monoisotopic (exact) mass is 236 g/mol. The number of nitrogens with zero attached hydrogens (tertiary/aromatic N) is 2. The number of Topliss-reactive ketones (excluding diaryl/α,β-unsaturated/α-hetero) is 1. The molecule has 3 heteroatoms. The van der Waals surface area contributed by atoms with Crippen molar-refractivity contribution in [3.8, 4) is 0 Å². The van der Waals surface area contributed by atoms with Gasteiger partial charge < -0.3 is 4.57 Å². The molecule has 0 aromatic carbocycles. The first-order chi connectivity index (χ1) is 8.22. The van der Waals surface area contributed by atoms with Gasteiger partial charge in [0.25, 0.3) is 0 Å². The van der Waals surface area contributed by atoms with Gasteiger partial charge in [0.2, 0.25) is 0 Å². The molecular formula is C14H24N2O. The van der Waals surface area contributed by atoms with Crippen LogP contribution >= 0.6 is 0 Å². The van der Waals surface area contributed by atoms with Crippen LogP contribution in [0, 0.1) is 5.92 Å². The van der Waals surface area contributed by atoms with E-state index >= 15 is 0 Å². The highest BCUT2D eigenvalue weighted by Gasteiger charge is 2.17. The van der Waals surface area contributed by atoms with Crippen LogP contribution in [0.5, 0.6) is 0 Å². The lowest BCUT2D eigenvalue weighted by atomic mass is 9.93. The van der Waals surface area contributed by atoms with Gasteiger partial charge in [0.15, 0.2) is 0 Å². The van der Waals surface area contributed by atoms with Crippen molar-refractivity contribution in [1.29, 1.82) is 0 Å². The molecule has 1 aromatic heterocycles. The van der Waals surface area contributed by atoms with Crippen molar-refractivity contribution in [2.45, 2.75) is 59.4 Å². The fourth-order valence-electron chi connectivity index (χ4n) is 2.14. The summed E-state index contributed by atoms with van der Waals surface area (Å²) in [7, 11) is 0. The summed E-state index contributed by atoms with van der Waals surface area (Å²) in [5.74, 6) is 1.48. The van der Waals surface area contributed by atoms with Crippen molar-refractivity contribution >= 4 is 5.78 Å². The average Bonchev–Trinajstić information content (AvgIpc) is 2.77. The van der Waals surface area contributed by atoms with Crippen molar-refractivity contribution in [1.82, 2.24) is 9.55 Å². The van der Waals surface area contributed by atoms with Gasteiger partial charge in [0.05, 0.1) is 6.42 Å². The highest BCUT2D eigenvalue weighted by Crippen LogP contribution is 2.16. The number of rotatable bonds is 8. The number of ketones is 1. The molecule has 1 atom stereocenters. The smallest absolute Gasteiger partial charge is 0.143 e. The molecule has 0 bridgehead atoms. The minimum absolute atomic E-state index is 0.219. The summed E-state index contributed by atoms with van der Waals surface area (Å²) in [5.41, 5.74) is 0. The molecule has 96 valence electrons. The van der Waals surface area contributed by atoms with Crippen LogP contribution in [0.15, 0.2) is 12.4 Å². The topological polar surface area (TPSA) is 34.9 Å². The molecule has 0 radical (unpaired) electrons. The average molecular weight is 236 g/mol. The molecule has 1 unspecified atom stereocenters. The van der Waals surface area contributed by atoms with Gasteiger partial charge in [-0.25, -0.2) is 4.98 Å². The van der Waals surface area contributed by atoms with Crippen LogP contribution in [0.3, 0.4) is 0 Å². The van der Waals surface area contributed by atoms with Gasteiger partial charge in [-0.15, -0.1) is 0 Å². The lowest BCUT2D eigenvalue weighted by Gasteiger charge is -2.13. The summed E-state index contributed by atoms with van der Waals surface area (Å²) in [6.45, 7) is 7.23. The second kappa shape index (κ2) is 7.25. The Balaban J connectivity index is 2.57. The van der Waals surface area contributed by atoms with Crippen molar-refractivity contribution in [3.05, 3.63) is 18.2 Å². The molecule has 0 amide bonds. The van der Waals surface area contributed by atoms with Gasteiger partial charge in [-0.2, -0.15) is 0 Å². The third-order valence-electron chi connectivity index (χ3n) is 3.33. The number of aryl methyl sites for hydroxylation is 1. The molecule has 0 aliphatic carbocycles. The van der Waals surface area contributed by atoms with E-state index < -0.39 is 0 Å². The number of unbranched alkanes of at least 4 members (excludes halogenated alkanes) is 1. The van der Waals surface area contributed by atoms with Gasteiger partial charge in [-0.3, -0.25) is 4.79 Å². The second-order valence-corrected chi connectivity index (χ2v) is 4.52. The Labute approximate surface area is 104 Å². The maximum atomic E-state index is 12.2. The van der Waals surface area contributed by atoms with Gasteiger partial charge in [-0.05, 0) is 19.8 Å². The van der Waals surface area contributed by atoms with Crippen LogP contribution in [0.1, 0.15) is 52.3 Å². The van der Waals surface area contributed by atoms with E-state index in [-0.39, 0.29) is 5.92 Å². The summed E-state index contributed by atoms with van der Waals surface area (Å²) in [6, 6.07) is 0. The maximum absolute atomic E-state index is 12.2. The first-order valence-electron chi connectivity index (χ1n) is 6.75. The van der Waals surface area contributed by atoms with E-state index in [1.807, 2.05) is 10.8 Å². The normalized spacial score (nSPS) is 12.6. The molecule has 0 spiro atoms. The van der Waals surface area contributed by atoms with E-state index in [0.717, 1.165) is 38.1 Å². The molecule has 0 N–H and O–H groups in total. The number of imidazole rings is 1. The fourth-order valence-corrected chi connectivity index (χ4v) is 2.14. The summed E-state index contributed by atoms with van der Waals surface area (Å²) in [4.78, 5) is 16.4. The van der Waals surface area contributed by atoms with Crippen LogP contribution in [0.25, 0.3) is 0 Å². The Kier molecular flexibility index (Phi) is 5.95. The zero-order chi connectivity index (χ0) is 12.7. The van der Waals surface area contributed by atoms with E-state index in [9.17, 15) is 4.79 Å². The van der Waals surface area contributed by atoms with Gasteiger partial charge >= 0.3 is 0 Å². The predicted octanol–water partition coefficient (Wildman–Crippen LogP) is 3.23. The van der Waals surface area contributed by atoms with Gasteiger partial charge in [0, 0.05) is 24.9 Å². The molecular weight excluding hydrogens is 212 g/mol.